The van der Waals surface area contributed by atoms with Crippen molar-refractivity contribution in [3.8, 4) is 124 Å². The Balaban J connectivity index is 0.000000145. The van der Waals surface area contributed by atoms with E-state index in [9.17, 15) is 0 Å². The summed E-state index contributed by atoms with van der Waals surface area (Å²) in [6.07, 6.45) is 0. The number of aromatic nitrogens is 6. The molecular formula is C92H58N6O2. The number of hydrogen-bond donors (Lipinski definition) is 0. The molecule has 100 heavy (non-hydrogen) atoms. The summed E-state index contributed by atoms with van der Waals surface area (Å²) in [5.74, 6) is 1.40. The summed E-state index contributed by atoms with van der Waals surface area (Å²) in [5.41, 5.74) is 25.6. The van der Waals surface area contributed by atoms with Crippen LogP contribution in [-0.4, -0.2) is 29.9 Å². The van der Waals surface area contributed by atoms with Crippen molar-refractivity contribution in [3.05, 3.63) is 352 Å². The highest BCUT2D eigenvalue weighted by atomic mass is 16.3. The molecule has 6 aromatic heterocycles. The van der Waals surface area contributed by atoms with Gasteiger partial charge in [-0.2, -0.15) is 0 Å². The van der Waals surface area contributed by atoms with Crippen molar-refractivity contribution in [2.24, 2.45) is 0 Å². The summed E-state index contributed by atoms with van der Waals surface area (Å²) in [6.45, 7) is 0. The van der Waals surface area contributed by atoms with Crippen molar-refractivity contribution in [1.82, 2.24) is 29.9 Å². The number of benzene rings is 13. The zero-order valence-electron chi connectivity index (χ0n) is 54.0. The maximum absolute atomic E-state index is 6.57. The Morgan fingerprint density at radius 3 is 0.820 bits per heavy atom. The Bertz CT molecular complexity index is 6150. The summed E-state index contributed by atoms with van der Waals surface area (Å²) in [5, 5.41) is 6.20. The van der Waals surface area contributed by atoms with Crippen molar-refractivity contribution < 1.29 is 8.83 Å². The molecule has 0 aliphatic heterocycles. The first-order valence-corrected chi connectivity index (χ1v) is 33.5. The van der Waals surface area contributed by atoms with Crippen molar-refractivity contribution >= 4 is 65.7 Å². The van der Waals surface area contributed by atoms with Crippen LogP contribution in [0.3, 0.4) is 0 Å². The molecule has 0 bridgehead atoms. The van der Waals surface area contributed by atoms with Gasteiger partial charge >= 0.3 is 0 Å². The number of pyridine rings is 2. The highest BCUT2D eigenvalue weighted by Crippen LogP contribution is 2.43. The smallest absolute Gasteiger partial charge is 0.160 e. The Kier molecular flexibility index (Phi) is 15.1. The zero-order valence-corrected chi connectivity index (χ0v) is 54.0. The van der Waals surface area contributed by atoms with Gasteiger partial charge in [0.2, 0.25) is 0 Å². The Labute approximate surface area is 576 Å². The van der Waals surface area contributed by atoms with Crippen LogP contribution in [0.5, 0.6) is 0 Å². The van der Waals surface area contributed by atoms with Crippen LogP contribution in [0, 0.1) is 0 Å². The predicted octanol–water partition coefficient (Wildman–Crippen LogP) is 24.2. The van der Waals surface area contributed by atoms with E-state index in [1.807, 2.05) is 109 Å². The molecule has 19 aromatic rings. The SMILES string of the molecule is c1ccc(-c2cc(-c3ccc(-c4ccc5nc(-c6ccccc6)c6c7ccccc7oc6c5c4)cc3)nc(-c3ccccc3)n2)cc1.c1ccc(-c2ccc(-c3nc(-c4ccccc4)cc(-c4ccc(-c5ccc6nc(-c7ccccc7)c7c8ccccc8oc7c6c5)cc4)n3)cc2)cc1. The van der Waals surface area contributed by atoms with Crippen LogP contribution in [0.15, 0.2) is 361 Å². The van der Waals surface area contributed by atoms with Crippen molar-refractivity contribution in [2.45, 2.75) is 0 Å². The van der Waals surface area contributed by atoms with Crippen LogP contribution in [0.2, 0.25) is 0 Å². The van der Waals surface area contributed by atoms with Gasteiger partial charge in [-0.25, -0.2) is 29.9 Å². The normalized spacial score (nSPS) is 11.4. The van der Waals surface area contributed by atoms with Gasteiger partial charge in [-0.3, -0.25) is 0 Å². The van der Waals surface area contributed by atoms with Gasteiger partial charge in [-0.05, 0) is 81.9 Å². The molecule has 8 nitrogen and oxygen atoms in total. The molecule has 6 heterocycles. The monoisotopic (exact) mass is 1280 g/mol. The molecule has 0 spiro atoms. The molecular weight excluding hydrogens is 1220 g/mol. The van der Waals surface area contributed by atoms with E-state index in [2.05, 4.69) is 243 Å². The van der Waals surface area contributed by atoms with Gasteiger partial charge in [0.05, 0.1) is 56.0 Å². The summed E-state index contributed by atoms with van der Waals surface area (Å²) >= 11 is 0. The van der Waals surface area contributed by atoms with E-state index < -0.39 is 0 Å². The topological polar surface area (TPSA) is 104 Å². The molecule has 0 fully saturated rings. The lowest BCUT2D eigenvalue weighted by Gasteiger charge is -2.11. The van der Waals surface area contributed by atoms with E-state index in [1.54, 1.807) is 0 Å². The molecule has 19 rings (SSSR count). The minimum atomic E-state index is 0.691. The van der Waals surface area contributed by atoms with Crippen LogP contribution >= 0.6 is 0 Å². The van der Waals surface area contributed by atoms with E-state index in [1.165, 1.54) is 5.56 Å². The van der Waals surface area contributed by atoms with Gasteiger partial charge in [0.25, 0.3) is 0 Å². The van der Waals surface area contributed by atoms with Crippen molar-refractivity contribution in [3.63, 3.8) is 0 Å². The number of fused-ring (bicyclic) bond motifs is 10. The summed E-state index contributed by atoms with van der Waals surface area (Å²) in [6, 6.07) is 121. The Morgan fingerprint density at radius 1 is 0.180 bits per heavy atom. The molecule has 13 aromatic carbocycles. The number of nitrogens with zero attached hydrogens (tertiary/aromatic N) is 6. The van der Waals surface area contributed by atoms with Crippen molar-refractivity contribution in [1.29, 1.82) is 0 Å². The number of hydrogen-bond acceptors (Lipinski definition) is 8. The van der Waals surface area contributed by atoms with Crippen LogP contribution in [0.4, 0.5) is 0 Å². The lowest BCUT2D eigenvalue weighted by molar-refractivity contribution is 0.672. The van der Waals surface area contributed by atoms with E-state index in [-0.39, 0.29) is 0 Å². The molecule has 0 saturated heterocycles. The van der Waals surface area contributed by atoms with Crippen LogP contribution in [0.25, 0.3) is 189 Å². The quantitative estimate of drug-likeness (QED) is 0.126. The van der Waals surface area contributed by atoms with Gasteiger partial charge in [-0.15, -0.1) is 0 Å². The van der Waals surface area contributed by atoms with Gasteiger partial charge in [-0.1, -0.05) is 303 Å². The fraction of sp³-hybridized carbons (Fsp3) is 0. The van der Waals surface area contributed by atoms with E-state index in [0.717, 1.165) is 172 Å². The fourth-order valence-corrected chi connectivity index (χ4v) is 13.6. The molecule has 0 aliphatic rings. The maximum atomic E-state index is 6.57. The first-order valence-electron chi connectivity index (χ1n) is 33.5. The highest BCUT2D eigenvalue weighted by Gasteiger charge is 2.22. The predicted molar refractivity (Wildman–Crippen MR) is 409 cm³/mol. The van der Waals surface area contributed by atoms with E-state index in [0.29, 0.717) is 11.6 Å². The maximum Gasteiger partial charge on any atom is 0.160 e. The number of para-hydroxylation sites is 2. The third kappa shape index (κ3) is 11.3. The third-order valence-corrected chi connectivity index (χ3v) is 18.6. The number of furan rings is 2. The highest BCUT2D eigenvalue weighted by molar-refractivity contribution is 6.21. The van der Waals surface area contributed by atoms with Gasteiger partial charge in [0, 0.05) is 66.1 Å². The number of rotatable bonds is 11. The molecule has 0 saturated carbocycles. The molecule has 0 amide bonds. The van der Waals surface area contributed by atoms with Crippen LogP contribution in [0.1, 0.15) is 0 Å². The fourth-order valence-electron chi connectivity index (χ4n) is 13.6. The van der Waals surface area contributed by atoms with Gasteiger partial charge < -0.3 is 8.83 Å². The first kappa shape index (κ1) is 59.0. The second-order valence-corrected chi connectivity index (χ2v) is 24.8. The second kappa shape index (κ2) is 25.5. The summed E-state index contributed by atoms with van der Waals surface area (Å²) in [4.78, 5) is 30.4. The first-order chi connectivity index (χ1) is 49.5. The largest absolute Gasteiger partial charge is 0.455 e. The molecule has 0 N–H and O–H groups in total. The second-order valence-electron chi connectivity index (χ2n) is 24.8. The average Bonchev–Trinajstić information content (AvgIpc) is 1.52. The Hall–Kier alpha value is -13.6. The molecule has 0 atom stereocenters. The van der Waals surface area contributed by atoms with Gasteiger partial charge in [0.15, 0.2) is 11.6 Å². The van der Waals surface area contributed by atoms with Crippen molar-refractivity contribution in [2.75, 3.05) is 0 Å². The average molecular weight is 1280 g/mol. The molecule has 0 aliphatic carbocycles. The molecule has 0 radical (unpaired) electrons. The standard InChI is InChI=1S/C49H31N3O.C43H27N3O/c1-4-12-32(13-5-1)33-22-26-38(27-23-33)49-51-43(35-14-6-2-7-15-35)31-44(52-49)36-24-20-34(21-25-36)39-28-29-42-41(30-39)48-46(40-18-10-11-19-45(40)53-48)47(50-42)37-16-8-3-9-17-37;1-4-12-29(13-5-1)37-27-38(46-43(45-37)32-16-8-3-9-17-32)30-22-20-28(21-23-30)33-24-25-36-35(26-33)42-40(34-18-10-11-19-39(34)47-42)41(44-36)31-14-6-2-7-15-31/h1-31H;1-27H. The molecule has 0 unspecified atom stereocenters. The minimum Gasteiger partial charge on any atom is -0.455 e. The molecule has 468 valence electrons. The lowest BCUT2D eigenvalue weighted by Crippen LogP contribution is -1.96. The van der Waals surface area contributed by atoms with E-state index in [4.69, 9.17) is 38.7 Å². The molecule has 8 heteroatoms. The third-order valence-electron chi connectivity index (χ3n) is 18.6. The van der Waals surface area contributed by atoms with Crippen LogP contribution in [-0.2, 0) is 0 Å². The summed E-state index contributed by atoms with van der Waals surface area (Å²) in [7, 11) is 0. The van der Waals surface area contributed by atoms with Crippen LogP contribution < -0.4 is 0 Å². The summed E-state index contributed by atoms with van der Waals surface area (Å²) < 4.78 is 13.1. The van der Waals surface area contributed by atoms with E-state index >= 15 is 0 Å². The Morgan fingerprint density at radius 2 is 0.440 bits per heavy atom. The lowest BCUT2D eigenvalue weighted by atomic mass is 9.98. The minimum absolute atomic E-state index is 0.691. The zero-order chi connectivity index (χ0) is 66.3. The van der Waals surface area contributed by atoms with Gasteiger partial charge in [0.1, 0.15) is 22.3 Å².